The highest BCUT2D eigenvalue weighted by atomic mass is 31.2. The fourth-order valence-corrected chi connectivity index (χ4v) is 5.15. The van der Waals surface area contributed by atoms with Gasteiger partial charge in [0.2, 0.25) is 5.91 Å². The molecule has 0 aliphatic heterocycles. The van der Waals surface area contributed by atoms with Gasteiger partial charge in [0, 0.05) is 7.85 Å². The molecule has 186 valence electrons. The molecule has 31 heavy (non-hydrogen) atoms. The zero-order valence-corrected chi connectivity index (χ0v) is 20.6. The van der Waals surface area contributed by atoms with E-state index < -0.39 is 25.5 Å². The summed E-state index contributed by atoms with van der Waals surface area (Å²) in [4.78, 5) is 34.2. The molecule has 0 bridgehead atoms. The molecule has 0 aromatic heterocycles. The third-order valence-corrected chi connectivity index (χ3v) is 7.26. The molecule has 3 unspecified atom stereocenters. The fraction of sp³-hybridized carbons (Fsp3) is 0.909. The summed E-state index contributed by atoms with van der Waals surface area (Å²) in [6, 6.07) is 0. The molecule has 0 aliphatic carbocycles. The first kappa shape index (κ1) is 30.0. The molecule has 0 rings (SSSR count). The molecule has 0 fully saturated rings. The Balaban J connectivity index is 0. The Kier molecular flexibility index (Phi) is 17.0. The quantitative estimate of drug-likeness (QED) is 0.146. The molecule has 0 spiro atoms. The number of aliphatic carboxylic acids is 1. The van der Waals surface area contributed by atoms with Crippen LogP contribution in [0.2, 0.25) is 0 Å². The molecular weight excluding hydrogens is 419 g/mol. The highest BCUT2D eigenvalue weighted by molar-refractivity contribution is 7.53. The smallest absolute Gasteiger partial charge is 0.351 e. The summed E-state index contributed by atoms with van der Waals surface area (Å²) >= 11 is 0. The Morgan fingerprint density at radius 2 is 1.55 bits per heavy atom. The predicted molar refractivity (Wildman–Crippen MR) is 126 cm³/mol. The van der Waals surface area contributed by atoms with Crippen LogP contribution in [0.3, 0.4) is 0 Å². The maximum Gasteiger partial charge on any atom is 0.351 e. The van der Waals surface area contributed by atoms with Crippen molar-refractivity contribution < 1.29 is 30.1 Å². The molecule has 3 atom stereocenters. The number of nitrogens with one attached hydrogen (secondary N) is 1. The molecule has 5 N–H and O–H groups in total. The summed E-state index contributed by atoms with van der Waals surface area (Å²) < 4.78 is 17.9. The Hall–Kier alpha value is -0.950. The predicted octanol–water partition coefficient (Wildman–Crippen LogP) is 5.04. The van der Waals surface area contributed by atoms with E-state index in [4.69, 9.17) is 10.3 Å². The Morgan fingerprint density at radius 3 is 2.03 bits per heavy atom. The first-order chi connectivity index (χ1) is 14.7. The topological polar surface area (TPSA) is 139 Å². The number of amides is 1. The Morgan fingerprint density at radius 1 is 1.00 bits per heavy atom. The summed E-state index contributed by atoms with van der Waals surface area (Å²) in [7, 11) is -4.38. The number of carboxylic acid groups (broad SMARTS) is 1. The van der Waals surface area contributed by atoms with E-state index in [2.05, 4.69) is 12.2 Å². The number of carboxylic acids is 1. The fourth-order valence-electron chi connectivity index (χ4n) is 3.40. The van der Waals surface area contributed by atoms with E-state index in [9.17, 15) is 24.2 Å². The molecule has 0 aromatic rings. The molecule has 8 nitrogen and oxygen atoms in total. The van der Waals surface area contributed by atoms with E-state index in [0.29, 0.717) is 19.4 Å². The van der Waals surface area contributed by atoms with Crippen molar-refractivity contribution >= 4 is 19.5 Å². The van der Waals surface area contributed by atoms with Gasteiger partial charge in [-0.1, -0.05) is 72.1 Å². The van der Waals surface area contributed by atoms with Gasteiger partial charge in [-0.25, -0.2) is 4.79 Å². The van der Waals surface area contributed by atoms with Crippen LogP contribution < -0.4 is 11.1 Å². The van der Waals surface area contributed by atoms with Gasteiger partial charge < -0.3 is 21.1 Å². The van der Waals surface area contributed by atoms with E-state index in [1.54, 1.807) is 13.8 Å². The standard InChI is InChI=1S/C22H45N2O6P.H2/c1-4-5-6-7-8-9-10-11-12-16-20(25)24-21(18(2)3)31(28,29)30-19(22(26)27)15-13-14-17-23;/h18-19,21H,4-17,23H2,1-3H3,(H,24,25)(H,26,27)(H,28,29);1H. The minimum absolute atomic E-state index is 0. The number of hydrogen-bond donors (Lipinski definition) is 4. The average Bonchev–Trinajstić information content (AvgIpc) is 2.69. The van der Waals surface area contributed by atoms with Gasteiger partial charge in [-0.3, -0.25) is 13.9 Å². The van der Waals surface area contributed by atoms with Crippen molar-refractivity contribution in [3.05, 3.63) is 0 Å². The molecule has 0 saturated carbocycles. The summed E-state index contributed by atoms with van der Waals surface area (Å²) in [5.41, 5.74) is 5.41. The lowest BCUT2D eigenvalue weighted by atomic mass is 10.1. The number of nitrogens with two attached hydrogens (primary N) is 1. The van der Waals surface area contributed by atoms with Crippen LogP contribution in [0.5, 0.6) is 0 Å². The SMILES string of the molecule is CCCCCCCCCCCC(=O)NC(C(C)C)P(=O)(O)OC(CCCCN)C(=O)O.[HH]. The highest BCUT2D eigenvalue weighted by Gasteiger charge is 2.40. The number of carbonyl (C=O) groups excluding carboxylic acids is 1. The second-order valence-corrected chi connectivity index (χ2v) is 10.5. The lowest BCUT2D eigenvalue weighted by molar-refractivity contribution is -0.145. The van der Waals surface area contributed by atoms with Crippen LogP contribution >= 0.6 is 7.60 Å². The van der Waals surface area contributed by atoms with Crippen LogP contribution in [0.1, 0.15) is 106 Å². The van der Waals surface area contributed by atoms with E-state index >= 15 is 0 Å². The monoisotopic (exact) mass is 466 g/mol. The van der Waals surface area contributed by atoms with Crippen molar-refractivity contribution in [3.8, 4) is 0 Å². The number of unbranched alkanes of at least 4 members (excludes halogenated alkanes) is 9. The average molecular weight is 467 g/mol. The van der Waals surface area contributed by atoms with Gasteiger partial charge in [-0.15, -0.1) is 0 Å². The normalized spacial score (nSPS) is 15.4. The Labute approximate surface area is 189 Å². The number of rotatable bonds is 20. The van der Waals surface area contributed by atoms with Crippen LogP contribution in [0.15, 0.2) is 0 Å². The van der Waals surface area contributed by atoms with Crippen LogP contribution in [0, 0.1) is 5.92 Å². The molecule has 0 heterocycles. The second kappa shape index (κ2) is 17.6. The van der Waals surface area contributed by atoms with Gasteiger partial charge in [0.25, 0.3) is 0 Å². The zero-order valence-electron chi connectivity index (χ0n) is 19.7. The minimum Gasteiger partial charge on any atom is -0.479 e. The van der Waals surface area contributed by atoms with Crippen molar-refractivity contribution in [2.45, 2.75) is 116 Å². The lowest BCUT2D eigenvalue weighted by Crippen LogP contribution is -2.40. The van der Waals surface area contributed by atoms with Crippen molar-refractivity contribution in [2.75, 3.05) is 6.54 Å². The second-order valence-electron chi connectivity index (χ2n) is 8.62. The maximum absolute atomic E-state index is 12.8. The third kappa shape index (κ3) is 14.7. The van der Waals surface area contributed by atoms with Gasteiger partial charge >= 0.3 is 13.6 Å². The van der Waals surface area contributed by atoms with Gasteiger partial charge in [-0.2, -0.15) is 0 Å². The van der Waals surface area contributed by atoms with Crippen molar-refractivity contribution in [3.63, 3.8) is 0 Å². The van der Waals surface area contributed by atoms with E-state index in [1.807, 2.05) is 0 Å². The molecule has 9 heteroatoms. The first-order valence-electron chi connectivity index (χ1n) is 11.9. The van der Waals surface area contributed by atoms with Crippen molar-refractivity contribution in [1.82, 2.24) is 5.32 Å². The van der Waals surface area contributed by atoms with Gasteiger partial charge in [0.1, 0.15) is 5.78 Å². The van der Waals surface area contributed by atoms with Crippen LogP contribution in [0.4, 0.5) is 0 Å². The summed E-state index contributed by atoms with van der Waals surface area (Å²) in [5, 5.41) is 11.9. The van der Waals surface area contributed by atoms with E-state index in [1.165, 1.54) is 38.5 Å². The number of carbonyl (C=O) groups is 2. The van der Waals surface area contributed by atoms with Gasteiger partial charge in [-0.05, 0) is 38.1 Å². The van der Waals surface area contributed by atoms with Crippen LogP contribution in [-0.2, 0) is 18.7 Å². The van der Waals surface area contributed by atoms with E-state index in [0.717, 1.165) is 19.3 Å². The summed E-state index contributed by atoms with van der Waals surface area (Å²) in [6.07, 6.45) is 10.3. The summed E-state index contributed by atoms with van der Waals surface area (Å²) in [5.74, 6) is -3.14. The van der Waals surface area contributed by atoms with Gasteiger partial charge in [0.05, 0.1) is 0 Å². The molecule has 0 radical (unpaired) electrons. The van der Waals surface area contributed by atoms with Crippen molar-refractivity contribution in [1.29, 1.82) is 0 Å². The van der Waals surface area contributed by atoms with Crippen LogP contribution in [0.25, 0.3) is 0 Å². The molecular formula is C22H47N2O6P. The maximum atomic E-state index is 12.8. The lowest BCUT2D eigenvalue weighted by Gasteiger charge is -2.28. The molecule has 0 saturated heterocycles. The molecule has 1 amide bonds. The zero-order chi connectivity index (χ0) is 23.7. The number of hydrogen-bond acceptors (Lipinski definition) is 5. The van der Waals surface area contributed by atoms with E-state index in [-0.39, 0.29) is 26.1 Å². The highest BCUT2D eigenvalue weighted by Crippen LogP contribution is 2.50. The molecule has 0 aliphatic rings. The van der Waals surface area contributed by atoms with Crippen LogP contribution in [-0.4, -0.2) is 40.3 Å². The Bertz CT molecular complexity index is 551. The summed E-state index contributed by atoms with van der Waals surface area (Å²) in [6.45, 7) is 6.00. The molecule has 0 aromatic carbocycles. The van der Waals surface area contributed by atoms with Gasteiger partial charge in [0.15, 0.2) is 6.10 Å². The first-order valence-corrected chi connectivity index (χ1v) is 13.5. The third-order valence-electron chi connectivity index (χ3n) is 5.27. The van der Waals surface area contributed by atoms with Crippen molar-refractivity contribution in [2.24, 2.45) is 11.7 Å². The minimum atomic E-state index is -4.38. The largest absolute Gasteiger partial charge is 0.479 e.